The monoisotopic (exact) mass is 184 g/mol. The Kier molecular flexibility index (Phi) is 3.44. The highest BCUT2D eigenvalue weighted by Gasteiger charge is 2.11. The third kappa shape index (κ3) is 2.43. The lowest BCUT2D eigenvalue weighted by Gasteiger charge is -2.06. The summed E-state index contributed by atoms with van der Waals surface area (Å²) in [6, 6.07) is 1.96. The molecule has 3 heteroatoms. The summed E-state index contributed by atoms with van der Waals surface area (Å²) >= 11 is 1.61. The third-order valence-electron chi connectivity index (χ3n) is 1.77. The van der Waals surface area contributed by atoms with Crippen molar-refractivity contribution < 1.29 is 9.53 Å². The number of hydrogen-bond donors (Lipinski definition) is 0. The third-order valence-corrected chi connectivity index (χ3v) is 2.50. The predicted molar refractivity (Wildman–Crippen MR) is 49.5 cm³/mol. The van der Waals surface area contributed by atoms with Crippen molar-refractivity contribution in [1.29, 1.82) is 0 Å². The van der Waals surface area contributed by atoms with Gasteiger partial charge in [-0.2, -0.15) is 11.3 Å². The Morgan fingerprint density at radius 1 is 1.75 bits per heavy atom. The number of rotatable bonds is 4. The number of ketones is 1. The largest absolute Gasteiger partial charge is 0.374 e. The zero-order valence-corrected chi connectivity index (χ0v) is 8.06. The maximum absolute atomic E-state index is 11.3. The van der Waals surface area contributed by atoms with Gasteiger partial charge < -0.3 is 4.74 Å². The van der Waals surface area contributed by atoms with E-state index in [1.165, 1.54) is 0 Å². The van der Waals surface area contributed by atoms with Crippen molar-refractivity contribution in [3.05, 3.63) is 22.4 Å². The van der Waals surface area contributed by atoms with Gasteiger partial charge in [-0.15, -0.1) is 0 Å². The van der Waals surface area contributed by atoms with Gasteiger partial charge in [-0.3, -0.25) is 4.79 Å². The Hall–Kier alpha value is -0.670. The molecular weight excluding hydrogens is 172 g/mol. The highest BCUT2D eigenvalue weighted by molar-refractivity contribution is 7.07. The van der Waals surface area contributed by atoms with E-state index in [1.54, 1.807) is 25.4 Å². The van der Waals surface area contributed by atoms with Crippen molar-refractivity contribution in [2.75, 3.05) is 7.11 Å². The number of methoxy groups -OCH3 is 1. The van der Waals surface area contributed by atoms with Gasteiger partial charge >= 0.3 is 0 Å². The molecule has 0 N–H and O–H groups in total. The van der Waals surface area contributed by atoms with Gasteiger partial charge in [0, 0.05) is 13.5 Å². The molecule has 1 rings (SSSR count). The Bertz CT molecular complexity index is 241. The van der Waals surface area contributed by atoms with Gasteiger partial charge in [0.1, 0.15) is 6.10 Å². The summed E-state index contributed by atoms with van der Waals surface area (Å²) in [6.07, 6.45) is 0.197. The molecule has 12 heavy (non-hydrogen) atoms. The average Bonchev–Trinajstić information content (AvgIpc) is 2.55. The van der Waals surface area contributed by atoms with E-state index in [0.29, 0.717) is 6.42 Å². The van der Waals surface area contributed by atoms with Crippen LogP contribution >= 0.6 is 11.3 Å². The minimum absolute atomic E-state index is 0.135. The molecule has 1 heterocycles. The number of hydrogen-bond acceptors (Lipinski definition) is 3. The van der Waals surface area contributed by atoms with Crippen molar-refractivity contribution in [2.45, 2.75) is 19.4 Å². The van der Waals surface area contributed by atoms with E-state index in [4.69, 9.17) is 4.74 Å². The summed E-state index contributed by atoms with van der Waals surface area (Å²) in [4.78, 5) is 11.3. The van der Waals surface area contributed by atoms with Crippen molar-refractivity contribution in [3.63, 3.8) is 0 Å². The van der Waals surface area contributed by atoms with E-state index in [1.807, 2.05) is 16.8 Å². The lowest BCUT2D eigenvalue weighted by atomic mass is 10.1. The van der Waals surface area contributed by atoms with Gasteiger partial charge in [-0.25, -0.2) is 0 Å². The molecule has 1 aromatic rings. The molecule has 0 amide bonds. The van der Waals surface area contributed by atoms with E-state index in [9.17, 15) is 4.79 Å². The molecule has 0 radical (unpaired) electrons. The van der Waals surface area contributed by atoms with Crippen molar-refractivity contribution in [3.8, 4) is 0 Å². The topological polar surface area (TPSA) is 26.3 Å². The van der Waals surface area contributed by atoms with E-state index < -0.39 is 0 Å². The first-order valence-corrected chi connectivity index (χ1v) is 4.75. The van der Waals surface area contributed by atoms with E-state index in [-0.39, 0.29) is 11.9 Å². The van der Waals surface area contributed by atoms with Gasteiger partial charge in [0.15, 0.2) is 5.78 Å². The smallest absolute Gasteiger partial charge is 0.165 e. The fourth-order valence-corrected chi connectivity index (χ4v) is 1.54. The first kappa shape index (κ1) is 9.42. The van der Waals surface area contributed by atoms with E-state index in [0.717, 1.165) is 5.56 Å². The lowest BCUT2D eigenvalue weighted by Crippen LogP contribution is -2.20. The Balaban J connectivity index is 2.47. The van der Waals surface area contributed by atoms with Crippen LogP contribution in [0, 0.1) is 0 Å². The average molecular weight is 184 g/mol. The molecule has 0 aliphatic rings. The second kappa shape index (κ2) is 4.38. The highest BCUT2D eigenvalue weighted by atomic mass is 32.1. The van der Waals surface area contributed by atoms with Crippen LogP contribution in [0.5, 0.6) is 0 Å². The number of carbonyl (C=O) groups excluding carboxylic acids is 1. The summed E-state index contributed by atoms with van der Waals surface area (Å²) in [5, 5.41) is 3.96. The van der Waals surface area contributed by atoms with E-state index >= 15 is 0 Å². The molecule has 0 aliphatic heterocycles. The molecule has 1 aromatic heterocycles. The molecule has 0 aromatic carbocycles. The Morgan fingerprint density at radius 3 is 3.00 bits per heavy atom. The summed E-state index contributed by atoms with van der Waals surface area (Å²) in [5.41, 5.74) is 1.08. The lowest BCUT2D eigenvalue weighted by molar-refractivity contribution is -0.127. The molecule has 0 saturated heterocycles. The van der Waals surface area contributed by atoms with Crippen LogP contribution in [-0.2, 0) is 16.0 Å². The van der Waals surface area contributed by atoms with Crippen LogP contribution in [0.3, 0.4) is 0 Å². The van der Waals surface area contributed by atoms with Crippen LogP contribution in [0.1, 0.15) is 12.5 Å². The predicted octanol–water partition coefficient (Wildman–Crippen LogP) is 1.89. The van der Waals surface area contributed by atoms with Crippen LogP contribution in [0.25, 0.3) is 0 Å². The van der Waals surface area contributed by atoms with Crippen LogP contribution < -0.4 is 0 Å². The highest BCUT2D eigenvalue weighted by Crippen LogP contribution is 2.08. The summed E-state index contributed by atoms with van der Waals surface area (Å²) in [6.45, 7) is 1.77. The van der Waals surface area contributed by atoms with E-state index in [2.05, 4.69) is 0 Å². The van der Waals surface area contributed by atoms with Gasteiger partial charge in [-0.05, 0) is 29.3 Å². The molecular formula is C9H12O2S. The fraction of sp³-hybridized carbons (Fsp3) is 0.444. The first-order valence-electron chi connectivity index (χ1n) is 3.80. The van der Waals surface area contributed by atoms with Crippen molar-refractivity contribution in [2.24, 2.45) is 0 Å². The normalized spacial score (nSPS) is 12.8. The SMILES string of the molecule is COC(C)C(=O)Cc1ccsc1. The fourth-order valence-electron chi connectivity index (χ4n) is 0.870. The number of Topliss-reactive ketones (excluding diaryl/α,β-unsaturated/α-hetero) is 1. The molecule has 0 spiro atoms. The molecule has 0 bridgehead atoms. The van der Waals surface area contributed by atoms with Crippen molar-refractivity contribution >= 4 is 17.1 Å². The number of thiophene rings is 1. The minimum Gasteiger partial charge on any atom is -0.374 e. The molecule has 1 atom stereocenters. The maximum atomic E-state index is 11.3. The molecule has 0 fully saturated rings. The van der Waals surface area contributed by atoms with Gasteiger partial charge in [0.05, 0.1) is 0 Å². The molecule has 0 aliphatic carbocycles. The molecule has 0 saturated carbocycles. The standard InChI is InChI=1S/C9H12O2S/c1-7(11-2)9(10)5-8-3-4-12-6-8/h3-4,6-7H,5H2,1-2H3. The zero-order valence-electron chi connectivity index (χ0n) is 7.24. The number of carbonyl (C=O) groups is 1. The Morgan fingerprint density at radius 2 is 2.50 bits per heavy atom. The minimum atomic E-state index is -0.287. The molecule has 2 nitrogen and oxygen atoms in total. The Labute approximate surface area is 76.2 Å². The van der Waals surface area contributed by atoms with Gasteiger partial charge in [0.25, 0.3) is 0 Å². The number of ether oxygens (including phenoxy) is 1. The quantitative estimate of drug-likeness (QED) is 0.714. The summed E-state index contributed by atoms with van der Waals surface area (Å²) in [5.74, 6) is 0.135. The zero-order chi connectivity index (χ0) is 8.97. The first-order chi connectivity index (χ1) is 5.74. The van der Waals surface area contributed by atoms with Crippen LogP contribution in [0.2, 0.25) is 0 Å². The van der Waals surface area contributed by atoms with Crippen LogP contribution in [0.15, 0.2) is 16.8 Å². The summed E-state index contributed by atoms with van der Waals surface area (Å²) in [7, 11) is 1.55. The second-order valence-corrected chi connectivity index (χ2v) is 3.43. The maximum Gasteiger partial charge on any atom is 0.165 e. The van der Waals surface area contributed by atoms with Crippen LogP contribution in [0.4, 0.5) is 0 Å². The van der Waals surface area contributed by atoms with Gasteiger partial charge in [0.2, 0.25) is 0 Å². The van der Waals surface area contributed by atoms with Gasteiger partial charge in [-0.1, -0.05) is 0 Å². The second-order valence-electron chi connectivity index (χ2n) is 2.65. The molecule has 66 valence electrons. The summed E-state index contributed by atoms with van der Waals surface area (Å²) < 4.78 is 4.91. The van der Waals surface area contributed by atoms with Crippen LogP contribution in [-0.4, -0.2) is 19.0 Å². The molecule has 1 unspecified atom stereocenters. The van der Waals surface area contributed by atoms with Crippen molar-refractivity contribution in [1.82, 2.24) is 0 Å².